The number of methoxy groups -OCH3 is 2. The average molecular weight is 449 g/mol. The van der Waals surface area contributed by atoms with Gasteiger partial charge in [-0.15, -0.1) is 11.3 Å². The van der Waals surface area contributed by atoms with E-state index in [4.69, 9.17) is 18.9 Å². The van der Waals surface area contributed by atoms with Crippen molar-refractivity contribution in [2.75, 3.05) is 27.4 Å². The number of ether oxygens (including phenoxy) is 4. The van der Waals surface area contributed by atoms with Gasteiger partial charge in [0.1, 0.15) is 23.9 Å². The molecule has 2 aromatic carbocycles. The second kappa shape index (κ2) is 8.39. The molecule has 3 heterocycles. The van der Waals surface area contributed by atoms with E-state index in [9.17, 15) is 4.79 Å². The number of fused-ring (bicyclic) bond motifs is 2. The second-order valence-corrected chi connectivity index (χ2v) is 7.94. The van der Waals surface area contributed by atoms with Crippen LogP contribution >= 0.6 is 11.3 Å². The SMILES string of the molecule is COc1ccc(-c2csc3nc(/C=C/c4ccc5c(c4)OCCO5)[nH]c(=O)c23)cc1OC. The Hall–Kier alpha value is -3.78. The molecule has 0 atom stereocenters. The number of hydrogen-bond donors (Lipinski definition) is 1. The van der Waals surface area contributed by atoms with E-state index in [0.29, 0.717) is 46.5 Å². The van der Waals surface area contributed by atoms with Crippen molar-refractivity contribution in [2.24, 2.45) is 0 Å². The van der Waals surface area contributed by atoms with E-state index in [2.05, 4.69) is 9.97 Å². The molecule has 4 aromatic rings. The van der Waals surface area contributed by atoms with E-state index in [1.807, 2.05) is 47.9 Å². The molecule has 0 bridgehead atoms. The Morgan fingerprint density at radius 3 is 2.62 bits per heavy atom. The van der Waals surface area contributed by atoms with Gasteiger partial charge in [-0.3, -0.25) is 4.79 Å². The van der Waals surface area contributed by atoms with Gasteiger partial charge in [0.2, 0.25) is 0 Å². The summed E-state index contributed by atoms with van der Waals surface area (Å²) in [5.74, 6) is 3.18. The third-order valence-corrected chi connectivity index (χ3v) is 6.03. The summed E-state index contributed by atoms with van der Waals surface area (Å²) in [5.41, 5.74) is 2.40. The van der Waals surface area contributed by atoms with Crippen LogP contribution in [-0.4, -0.2) is 37.4 Å². The first kappa shape index (κ1) is 20.1. The Balaban J connectivity index is 1.48. The second-order valence-electron chi connectivity index (χ2n) is 7.09. The Morgan fingerprint density at radius 1 is 1.00 bits per heavy atom. The number of hydrogen-bond acceptors (Lipinski definition) is 7. The van der Waals surface area contributed by atoms with Crippen molar-refractivity contribution >= 4 is 33.7 Å². The van der Waals surface area contributed by atoms with Gasteiger partial charge in [-0.1, -0.05) is 18.2 Å². The van der Waals surface area contributed by atoms with E-state index in [-0.39, 0.29) is 5.56 Å². The van der Waals surface area contributed by atoms with E-state index in [1.54, 1.807) is 20.3 Å². The molecule has 0 amide bonds. The minimum absolute atomic E-state index is 0.192. The third kappa shape index (κ3) is 3.69. The number of benzene rings is 2. The van der Waals surface area contributed by atoms with Crippen LogP contribution in [0.1, 0.15) is 11.4 Å². The zero-order valence-corrected chi connectivity index (χ0v) is 18.3. The Morgan fingerprint density at radius 2 is 1.81 bits per heavy atom. The van der Waals surface area contributed by atoms with Crippen LogP contribution in [0.5, 0.6) is 23.0 Å². The van der Waals surface area contributed by atoms with Crippen molar-refractivity contribution in [3.8, 4) is 34.1 Å². The van der Waals surface area contributed by atoms with Crippen molar-refractivity contribution in [3.63, 3.8) is 0 Å². The number of thiophene rings is 1. The fraction of sp³-hybridized carbons (Fsp3) is 0.167. The molecular weight excluding hydrogens is 428 g/mol. The minimum atomic E-state index is -0.192. The third-order valence-electron chi connectivity index (χ3n) is 5.16. The van der Waals surface area contributed by atoms with Crippen molar-refractivity contribution in [1.82, 2.24) is 9.97 Å². The lowest BCUT2D eigenvalue weighted by atomic mass is 10.1. The summed E-state index contributed by atoms with van der Waals surface area (Å²) in [5, 5.41) is 2.49. The number of nitrogens with zero attached hydrogens (tertiary/aromatic N) is 1. The maximum atomic E-state index is 12.9. The summed E-state index contributed by atoms with van der Waals surface area (Å²) in [6, 6.07) is 11.3. The van der Waals surface area contributed by atoms with E-state index >= 15 is 0 Å². The number of aromatic amines is 1. The predicted molar refractivity (Wildman–Crippen MR) is 125 cm³/mol. The Bertz CT molecular complexity index is 1390. The first-order chi connectivity index (χ1) is 15.7. The van der Waals surface area contributed by atoms with Crippen LogP contribution in [0.3, 0.4) is 0 Å². The normalized spacial score (nSPS) is 12.9. The molecule has 0 unspecified atom stereocenters. The van der Waals surface area contributed by atoms with Crippen molar-refractivity contribution in [2.45, 2.75) is 0 Å². The van der Waals surface area contributed by atoms with Crippen LogP contribution in [0.2, 0.25) is 0 Å². The summed E-state index contributed by atoms with van der Waals surface area (Å²) in [4.78, 5) is 21.1. The van der Waals surface area contributed by atoms with Crippen molar-refractivity contribution in [3.05, 3.63) is 63.5 Å². The molecule has 1 N–H and O–H groups in total. The summed E-state index contributed by atoms with van der Waals surface area (Å²) in [6.07, 6.45) is 3.66. The molecular formula is C24H20N2O5S. The summed E-state index contributed by atoms with van der Waals surface area (Å²) in [6.45, 7) is 1.09. The van der Waals surface area contributed by atoms with Crippen molar-refractivity contribution < 1.29 is 18.9 Å². The number of H-pyrrole nitrogens is 1. The topological polar surface area (TPSA) is 82.7 Å². The molecule has 32 heavy (non-hydrogen) atoms. The molecule has 1 aliphatic heterocycles. The van der Waals surface area contributed by atoms with Gasteiger partial charge in [0.25, 0.3) is 5.56 Å². The molecule has 0 saturated heterocycles. The number of nitrogens with one attached hydrogen (secondary N) is 1. The first-order valence-electron chi connectivity index (χ1n) is 9.98. The molecule has 0 aliphatic carbocycles. The van der Waals surface area contributed by atoms with Crippen LogP contribution in [0, 0.1) is 0 Å². The molecule has 0 saturated carbocycles. The molecule has 2 aromatic heterocycles. The van der Waals surface area contributed by atoms with Crippen LogP contribution in [-0.2, 0) is 0 Å². The van der Waals surface area contributed by atoms with Gasteiger partial charge in [0.05, 0.1) is 19.6 Å². The zero-order valence-electron chi connectivity index (χ0n) is 17.5. The quantitative estimate of drug-likeness (QED) is 0.480. The van der Waals surface area contributed by atoms with Gasteiger partial charge >= 0.3 is 0 Å². The lowest BCUT2D eigenvalue weighted by Gasteiger charge is -2.18. The highest BCUT2D eigenvalue weighted by Gasteiger charge is 2.15. The van der Waals surface area contributed by atoms with Crippen LogP contribution in [0.25, 0.3) is 33.5 Å². The van der Waals surface area contributed by atoms with E-state index in [1.165, 1.54) is 11.3 Å². The van der Waals surface area contributed by atoms with Gasteiger partial charge in [-0.25, -0.2) is 4.98 Å². The van der Waals surface area contributed by atoms with Crippen LogP contribution in [0.4, 0.5) is 0 Å². The smallest absolute Gasteiger partial charge is 0.260 e. The highest BCUT2D eigenvalue weighted by molar-refractivity contribution is 7.17. The molecule has 1 aliphatic rings. The van der Waals surface area contributed by atoms with Gasteiger partial charge in [0.15, 0.2) is 23.0 Å². The minimum Gasteiger partial charge on any atom is -0.493 e. The highest BCUT2D eigenvalue weighted by atomic mass is 32.1. The fourth-order valence-electron chi connectivity index (χ4n) is 3.60. The molecule has 7 nitrogen and oxygen atoms in total. The predicted octanol–water partition coefficient (Wildman–Crippen LogP) is 4.61. The highest BCUT2D eigenvalue weighted by Crippen LogP contribution is 2.36. The lowest BCUT2D eigenvalue weighted by Crippen LogP contribution is -2.15. The van der Waals surface area contributed by atoms with Gasteiger partial charge in [0, 0.05) is 10.9 Å². The van der Waals surface area contributed by atoms with Crippen LogP contribution < -0.4 is 24.5 Å². The Kier molecular flexibility index (Phi) is 5.28. The maximum Gasteiger partial charge on any atom is 0.260 e. The van der Waals surface area contributed by atoms with Gasteiger partial charge in [-0.2, -0.15) is 0 Å². The molecule has 0 radical (unpaired) electrons. The van der Waals surface area contributed by atoms with Gasteiger partial charge < -0.3 is 23.9 Å². The molecule has 162 valence electrons. The van der Waals surface area contributed by atoms with Gasteiger partial charge in [-0.05, 0) is 41.5 Å². The molecule has 5 rings (SSSR count). The van der Waals surface area contributed by atoms with E-state index in [0.717, 1.165) is 22.4 Å². The van der Waals surface area contributed by atoms with Crippen molar-refractivity contribution in [1.29, 1.82) is 0 Å². The lowest BCUT2D eigenvalue weighted by molar-refractivity contribution is 0.171. The fourth-order valence-corrected chi connectivity index (χ4v) is 4.55. The largest absolute Gasteiger partial charge is 0.493 e. The first-order valence-corrected chi connectivity index (χ1v) is 10.9. The molecule has 0 fully saturated rings. The molecule has 0 spiro atoms. The summed E-state index contributed by atoms with van der Waals surface area (Å²) >= 11 is 1.43. The summed E-state index contributed by atoms with van der Waals surface area (Å²) < 4.78 is 21.9. The standard InChI is InChI=1S/C24H20N2O5S/c1-28-17-7-5-15(12-19(17)29-2)16-13-32-24-22(16)23(27)25-21(26-24)8-4-14-3-6-18-20(11-14)31-10-9-30-18/h3-8,11-13H,9-10H2,1-2H3,(H,25,26,27)/b8-4+. The average Bonchev–Trinajstić information content (AvgIpc) is 3.27. The zero-order chi connectivity index (χ0) is 22.1. The number of rotatable bonds is 5. The summed E-state index contributed by atoms with van der Waals surface area (Å²) in [7, 11) is 3.17. The number of aromatic nitrogens is 2. The maximum absolute atomic E-state index is 12.9. The Labute approximate surface area is 187 Å². The molecule has 8 heteroatoms. The monoisotopic (exact) mass is 448 g/mol. The van der Waals surface area contributed by atoms with Crippen LogP contribution in [0.15, 0.2) is 46.6 Å². The van der Waals surface area contributed by atoms with E-state index < -0.39 is 0 Å².